The van der Waals surface area contributed by atoms with Crippen molar-refractivity contribution in [1.82, 2.24) is 14.5 Å². The number of nitrogens with zero attached hydrogens (tertiary/aromatic N) is 3. The first kappa shape index (κ1) is 16.1. The molecule has 0 radical (unpaired) electrons. The van der Waals surface area contributed by atoms with Crippen LogP contribution in [0.2, 0.25) is 0 Å². The molecule has 2 aromatic heterocycles. The molecule has 3 rings (SSSR count). The smallest absolute Gasteiger partial charge is 0.372 e. The number of alkyl halides is 3. The standard InChI is InChI=1S/C16H16F3N5/c1-9-13(10-6-4-5-7-12(10)24(9)3)22-15-21-8-11(16(17,18)19)14(20-2)23-15/h4-8H,1-3H3,(H2,20,21,22,23). The Bertz CT molecular complexity index is 899. The van der Waals surface area contributed by atoms with Crippen LogP contribution in [0, 0.1) is 6.92 Å². The summed E-state index contributed by atoms with van der Waals surface area (Å²) in [7, 11) is 3.32. The Kier molecular flexibility index (Phi) is 3.82. The molecular weight excluding hydrogens is 319 g/mol. The van der Waals surface area contributed by atoms with Crippen molar-refractivity contribution < 1.29 is 13.2 Å². The van der Waals surface area contributed by atoms with Gasteiger partial charge >= 0.3 is 6.18 Å². The predicted molar refractivity (Wildman–Crippen MR) is 87.5 cm³/mol. The second-order valence-corrected chi connectivity index (χ2v) is 5.37. The molecule has 2 N–H and O–H groups in total. The summed E-state index contributed by atoms with van der Waals surface area (Å²) in [6.07, 6.45) is -3.73. The quantitative estimate of drug-likeness (QED) is 0.757. The molecule has 0 amide bonds. The minimum absolute atomic E-state index is 0.104. The number of hydrogen-bond acceptors (Lipinski definition) is 4. The highest BCUT2D eigenvalue weighted by Crippen LogP contribution is 2.35. The van der Waals surface area contributed by atoms with E-state index in [-0.39, 0.29) is 11.8 Å². The fraction of sp³-hybridized carbons (Fsp3) is 0.250. The summed E-state index contributed by atoms with van der Waals surface area (Å²) in [6.45, 7) is 1.92. The molecule has 24 heavy (non-hydrogen) atoms. The summed E-state index contributed by atoms with van der Waals surface area (Å²) in [4.78, 5) is 7.76. The molecule has 3 aromatic rings. The summed E-state index contributed by atoms with van der Waals surface area (Å²) in [5.41, 5.74) is 1.82. The van der Waals surface area contributed by atoms with Crippen LogP contribution in [-0.4, -0.2) is 21.6 Å². The minimum atomic E-state index is -4.51. The molecule has 0 saturated carbocycles. The van der Waals surface area contributed by atoms with Gasteiger partial charge in [0.1, 0.15) is 11.4 Å². The van der Waals surface area contributed by atoms with E-state index in [4.69, 9.17) is 0 Å². The van der Waals surface area contributed by atoms with Gasteiger partial charge in [0.25, 0.3) is 0 Å². The first-order valence-corrected chi connectivity index (χ1v) is 7.26. The van der Waals surface area contributed by atoms with Crippen molar-refractivity contribution in [3.8, 4) is 0 Å². The van der Waals surface area contributed by atoms with Crippen LogP contribution < -0.4 is 10.6 Å². The number of halogens is 3. The van der Waals surface area contributed by atoms with Crippen LogP contribution >= 0.6 is 0 Å². The normalized spacial score (nSPS) is 11.8. The summed E-state index contributed by atoms with van der Waals surface area (Å²) in [5.74, 6) is -0.162. The van der Waals surface area contributed by atoms with E-state index < -0.39 is 11.7 Å². The SMILES string of the molecule is CNc1nc(Nc2c(C)n(C)c3ccccc23)ncc1C(F)(F)F. The van der Waals surface area contributed by atoms with E-state index in [1.165, 1.54) is 7.05 Å². The van der Waals surface area contributed by atoms with Gasteiger partial charge in [-0.05, 0) is 13.0 Å². The molecule has 0 bridgehead atoms. The van der Waals surface area contributed by atoms with Crippen LogP contribution in [0.25, 0.3) is 10.9 Å². The number of aromatic nitrogens is 3. The molecule has 0 spiro atoms. The lowest BCUT2D eigenvalue weighted by atomic mass is 10.2. The van der Waals surface area contributed by atoms with Crippen LogP contribution in [0.15, 0.2) is 30.5 Å². The number of para-hydroxylation sites is 1. The van der Waals surface area contributed by atoms with Crippen molar-refractivity contribution in [3.63, 3.8) is 0 Å². The Morgan fingerprint density at radius 1 is 1.17 bits per heavy atom. The average molecular weight is 335 g/mol. The Morgan fingerprint density at radius 3 is 2.54 bits per heavy atom. The average Bonchev–Trinajstić information content (AvgIpc) is 2.79. The first-order valence-electron chi connectivity index (χ1n) is 7.26. The summed E-state index contributed by atoms with van der Waals surface area (Å²) >= 11 is 0. The van der Waals surface area contributed by atoms with E-state index in [2.05, 4.69) is 20.6 Å². The monoisotopic (exact) mass is 335 g/mol. The lowest BCUT2D eigenvalue weighted by Crippen LogP contribution is -2.12. The second-order valence-electron chi connectivity index (χ2n) is 5.37. The number of hydrogen-bond donors (Lipinski definition) is 2. The third-order valence-corrected chi connectivity index (χ3v) is 3.97. The van der Waals surface area contributed by atoms with Crippen molar-refractivity contribution >= 4 is 28.4 Å². The first-order chi connectivity index (χ1) is 11.3. The Morgan fingerprint density at radius 2 is 1.88 bits per heavy atom. The fourth-order valence-electron chi connectivity index (χ4n) is 2.63. The molecule has 1 aromatic carbocycles. The van der Waals surface area contributed by atoms with E-state index in [1.54, 1.807) is 0 Å². The molecule has 0 aliphatic rings. The van der Waals surface area contributed by atoms with Gasteiger partial charge in [-0.3, -0.25) is 0 Å². The number of benzene rings is 1. The molecule has 2 heterocycles. The highest BCUT2D eigenvalue weighted by atomic mass is 19.4. The third kappa shape index (κ3) is 2.64. The molecular formula is C16H16F3N5. The van der Waals surface area contributed by atoms with Crippen LogP contribution in [0.3, 0.4) is 0 Å². The minimum Gasteiger partial charge on any atom is -0.372 e. The van der Waals surface area contributed by atoms with Crippen molar-refractivity contribution in [3.05, 3.63) is 41.7 Å². The van der Waals surface area contributed by atoms with E-state index in [0.29, 0.717) is 0 Å². The number of fused-ring (bicyclic) bond motifs is 1. The zero-order valence-corrected chi connectivity index (χ0v) is 13.4. The molecule has 5 nitrogen and oxygen atoms in total. The zero-order valence-electron chi connectivity index (χ0n) is 13.4. The fourth-order valence-corrected chi connectivity index (χ4v) is 2.63. The van der Waals surface area contributed by atoms with E-state index >= 15 is 0 Å². The lowest BCUT2D eigenvalue weighted by Gasteiger charge is -2.13. The maximum absolute atomic E-state index is 12.9. The summed E-state index contributed by atoms with van der Waals surface area (Å²) < 4.78 is 40.8. The molecule has 126 valence electrons. The second kappa shape index (κ2) is 5.70. The van der Waals surface area contributed by atoms with Crippen LogP contribution in [-0.2, 0) is 13.2 Å². The van der Waals surface area contributed by atoms with Gasteiger partial charge in [0.2, 0.25) is 5.95 Å². The summed E-state index contributed by atoms with van der Waals surface area (Å²) in [6, 6.07) is 7.74. The number of rotatable bonds is 3. The van der Waals surface area contributed by atoms with Gasteiger partial charge in [0.05, 0.1) is 11.2 Å². The molecule has 8 heteroatoms. The van der Waals surface area contributed by atoms with Gasteiger partial charge in [-0.2, -0.15) is 18.2 Å². The van der Waals surface area contributed by atoms with Crippen molar-refractivity contribution in [2.24, 2.45) is 7.05 Å². The molecule has 0 fully saturated rings. The van der Waals surface area contributed by atoms with Crippen molar-refractivity contribution in [2.75, 3.05) is 17.7 Å². The Balaban J connectivity index is 2.05. The Labute approximate surface area is 136 Å². The third-order valence-electron chi connectivity index (χ3n) is 3.97. The molecule has 0 aliphatic carbocycles. The predicted octanol–water partition coefficient (Wildman–Crippen LogP) is 4.08. The van der Waals surface area contributed by atoms with Gasteiger partial charge in [-0.25, -0.2) is 4.98 Å². The van der Waals surface area contributed by atoms with Crippen LogP contribution in [0.4, 0.5) is 30.6 Å². The van der Waals surface area contributed by atoms with Gasteiger partial charge in [0.15, 0.2) is 0 Å². The van der Waals surface area contributed by atoms with Crippen LogP contribution in [0.5, 0.6) is 0 Å². The summed E-state index contributed by atoms with van der Waals surface area (Å²) in [5, 5.41) is 6.46. The largest absolute Gasteiger partial charge is 0.421 e. The molecule has 0 saturated heterocycles. The van der Waals surface area contributed by atoms with Crippen molar-refractivity contribution in [1.29, 1.82) is 0 Å². The van der Waals surface area contributed by atoms with Crippen LogP contribution in [0.1, 0.15) is 11.3 Å². The number of anilines is 3. The maximum atomic E-state index is 12.9. The van der Waals surface area contributed by atoms with E-state index in [0.717, 1.165) is 28.5 Å². The van der Waals surface area contributed by atoms with Gasteiger partial charge < -0.3 is 15.2 Å². The molecule has 0 aliphatic heterocycles. The number of aryl methyl sites for hydroxylation is 1. The number of nitrogens with one attached hydrogen (secondary N) is 2. The van der Waals surface area contributed by atoms with Gasteiger partial charge in [-0.15, -0.1) is 0 Å². The molecule has 0 atom stereocenters. The van der Waals surface area contributed by atoms with Crippen molar-refractivity contribution in [2.45, 2.75) is 13.1 Å². The van der Waals surface area contributed by atoms with E-state index in [1.807, 2.05) is 42.8 Å². The van der Waals surface area contributed by atoms with Gasteiger partial charge in [-0.1, -0.05) is 18.2 Å². The topological polar surface area (TPSA) is 54.8 Å². The zero-order chi connectivity index (χ0) is 17.5. The highest BCUT2D eigenvalue weighted by molar-refractivity contribution is 5.96. The lowest BCUT2D eigenvalue weighted by molar-refractivity contribution is -0.137. The Hall–Kier alpha value is -2.77. The molecule has 0 unspecified atom stereocenters. The maximum Gasteiger partial charge on any atom is 0.421 e. The van der Waals surface area contributed by atoms with E-state index in [9.17, 15) is 13.2 Å². The van der Waals surface area contributed by atoms with Gasteiger partial charge in [0, 0.05) is 31.4 Å². The highest BCUT2D eigenvalue weighted by Gasteiger charge is 2.35.